The molecule has 1 aromatic heterocycles. The highest BCUT2D eigenvalue weighted by molar-refractivity contribution is 6.34. The van der Waals surface area contributed by atoms with Gasteiger partial charge in [-0.3, -0.25) is 9.78 Å². The number of nitrogens with zero attached hydrogens (tertiary/aromatic N) is 1. The Labute approximate surface area is 163 Å². The number of methoxy groups -OCH3 is 2. The number of ether oxygens (including phenoxy) is 2. The van der Waals surface area contributed by atoms with E-state index in [1.54, 1.807) is 12.1 Å². The Hall–Kier alpha value is -2.79. The summed E-state index contributed by atoms with van der Waals surface area (Å²) in [5.74, 6) is 0.923. The van der Waals surface area contributed by atoms with Crippen molar-refractivity contribution in [1.82, 2.24) is 4.98 Å². The number of halogens is 1. The zero-order valence-electron chi connectivity index (χ0n) is 15.7. The number of pyridine rings is 1. The van der Waals surface area contributed by atoms with Gasteiger partial charge in [0.1, 0.15) is 0 Å². The molecule has 0 unspecified atom stereocenters. The molecule has 3 rings (SSSR count). The first-order valence-electron chi connectivity index (χ1n) is 8.57. The normalized spacial score (nSPS) is 10.9. The minimum absolute atomic E-state index is 0.200. The largest absolute Gasteiger partial charge is 0.493 e. The number of benzene rings is 2. The van der Waals surface area contributed by atoms with E-state index >= 15 is 0 Å². The summed E-state index contributed by atoms with van der Waals surface area (Å²) in [6.45, 7) is 4.09. The molecule has 1 N–H and O–H groups in total. The third-order valence-corrected chi connectivity index (χ3v) is 4.61. The number of hydrogen-bond donors (Lipinski definition) is 1. The second-order valence-electron chi connectivity index (χ2n) is 6.41. The van der Waals surface area contributed by atoms with Crippen LogP contribution in [0.25, 0.3) is 10.9 Å². The molecule has 27 heavy (non-hydrogen) atoms. The number of fused-ring (bicyclic) bond motifs is 1. The SMILES string of the molecule is COc1cc(Cl)c(NC(=O)c2cc(C(C)C)nc3ccccc23)cc1OC. The zero-order chi connectivity index (χ0) is 19.6. The van der Waals surface area contributed by atoms with Gasteiger partial charge >= 0.3 is 0 Å². The maximum absolute atomic E-state index is 13.0. The van der Waals surface area contributed by atoms with Gasteiger partial charge in [0.05, 0.1) is 36.0 Å². The van der Waals surface area contributed by atoms with Gasteiger partial charge in [0.15, 0.2) is 11.5 Å². The van der Waals surface area contributed by atoms with Crippen molar-refractivity contribution >= 4 is 34.1 Å². The molecule has 5 nitrogen and oxygen atoms in total. The number of carbonyl (C=O) groups excluding carboxylic acids is 1. The van der Waals surface area contributed by atoms with Crippen molar-refractivity contribution in [3.63, 3.8) is 0 Å². The molecule has 3 aromatic rings. The number of rotatable bonds is 5. The molecule has 0 aliphatic heterocycles. The molecule has 0 saturated carbocycles. The van der Waals surface area contributed by atoms with Crippen molar-refractivity contribution in [2.24, 2.45) is 0 Å². The summed E-state index contributed by atoms with van der Waals surface area (Å²) in [4.78, 5) is 17.7. The van der Waals surface area contributed by atoms with Crippen molar-refractivity contribution in [3.05, 3.63) is 58.7 Å². The second kappa shape index (κ2) is 7.84. The fraction of sp³-hybridized carbons (Fsp3) is 0.238. The predicted molar refractivity (Wildman–Crippen MR) is 108 cm³/mol. The lowest BCUT2D eigenvalue weighted by Gasteiger charge is -2.14. The topological polar surface area (TPSA) is 60.5 Å². The Balaban J connectivity index is 2.04. The monoisotopic (exact) mass is 384 g/mol. The van der Waals surface area contributed by atoms with Gasteiger partial charge in [-0.05, 0) is 18.1 Å². The third-order valence-electron chi connectivity index (χ3n) is 4.29. The minimum Gasteiger partial charge on any atom is -0.493 e. The fourth-order valence-corrected chi connectivity index (χ4v) is 3.02. The van der Waals surface area contributed by atoms with E-state index in [4.69, 9.17) is 21.1 Å². The molecule has 0 bridgehead atoms. The van der Waals surface area contributed by atoms with Crippen LogP contribution in [0.5, 0.6) is 11.5 Å². The third kappa shape index (κ3) is 3.83. The summed E-state index contributed by atoms with van der Waals surface area (Å²) < 4.78 is 10.5. The molecule has 0 fully saturated rings. The van der Waals surface area contributed by atoms with Crippen LogP contribution in [0, 0.1) is 0 Å². The molecule has 0 atom stereocenters. The zero-order valence-corrected chi connectivity index (χ0v) is 16.4. The standard InChI is InChI=1S/C21H21ClN2O3/c1-12(2)17-9-14(13-7-5-6-8-16(13)23-17)21(25)24-18-11-20(27-4)19(26-3)10-15(18)22/h5-12H,1-4H3,(H,24,25). The summed E-state index contributed by atoms with van der Waals surface area (Å²) >= 11 is 6.31. The van der Waals surface area contributed by atoms with Crippen LogP contribution in [0.2, 0.25) is 5.02 Å². The van der Waals surface area contributed by atoms with Gasteiger partial charge in [-0.25, -0.2) is 0 Å². The van der Waals surface area contributed by atoms with Crippen LogP contribution in [-0.4, -0.2) is 25.1 Å². The molecule has 0 aliphatic rings. The van der Waals surface area contributed by atoms with E-state index in [9.17, 15) is 4.79 Å². The van der Waals surface area contributed by atoms with Crippen LogP contribution < -0.4 is 14.8 Å². The predicted octanol–water partition coefficient (Wildman–Crippen LogP) is 5.28. The van der Waals surface area contributed by atoms with Crippen molar-refractivity contribution in [1.29, 1.82) is 0 Å². The number of nitrogens with one attached hydrogen (secondary N) is 1. The summed E-state index contributed by atoms with van der Waals surface area (Å²) in [7, 11) is 3.06. The van der Waals surface area contributed by atoms with E-state index in [2.05, 4.69) is 10.3 Å². The van der Waals surface area contributed by atoms with E-state index in [1.165, 1.54) is 14.2 Å². The van der Waals surface area contributed by atoms with Crippen molar-refractivity contribution in [2.75, 3.05) is 19.5 Å². The lowest BCUT2D eigenvalue weighted by atomic mass is 10.0. The lowest BCUT2D eigenvalue weighted by Crippen LogP contribution is -2.14. The number of carbonyl (C=O) groups is 1. The minimum atomic E-state index is -0.260. The van der Waals surface area contributed by atoms with Crippen LogP contribution in [0.1, 0.15) is 35.8 Å². The first-order chi connectivity index (χ1) is 12.9. The smallest absolute Gasteiger partial charge is 0.256 e. The summed E-state index contributed by atoms with van der Waals surface area (Å²) in [5, 5.41) is 4.03. The van der Waals surface area contributed by atoms with Gasteiger partial charge in [-0.1, -0.05) is 43.6 Å². The molecule has 2 aromatic carbocycles. The molecule has 140 valence electrons. The van der Waals surface area contributed by atoms with Gasteiger partial charge in [0.25, 0.3) is 5.91 Å². The Morgan fingerprint density at radius 3 is 2.41 bits per heavy atom. The van der Waals surface area contributed by atoms with E-state index in [-0.39, 0.29) is 11.8 Å². The van der Waals surface area contributed by atoms with E-state index < -0.39 is 0 Å². The van der Waals surface area contributed by atoms with E-state index in [0.717, 1.165) is 16.6 Å². The van der Waals surface area contributed by atoms with Gasteiger partial charge in [0, 0.05) is 23.2 Å². The lowest BCUT2D eigenvalue weighted by molar-refractivity contribution is 0.102. The summed E-state index contributed by atoms with van der Waals surface area (Å²) in [5.41, 5.74) is 2.64. The average Bonchev–Trinajstić information content (AvgIpc) is 2.68. The summed E-state index contributed by atoms with van der Waals surface area (Å²) in [6.07, 6.45) is 0. The quantitative estimate of drug-likeness (QED) is 0.650. The highest BCUT2D eigenvalue weighted by atomic mass is 35.5. The van der Waals surface area contributed by atoms with Crippen molar-refractivity contribution < 1.29 is 14.3 Å². The van der Waals surface area contributed by atoms with Gasteiger partial charge in [-0.15, -0.1) is 0 Å². The average molecular weight is 385 g/mol. The maximum Gasteiger partial charge on any atom is 0.256 e. The Morgan fingerprint density at radius 2 is 1.74 bits per heavy atom. The van der Waals surface area contributed by atoms with Crippen molar-refractivity contribution in [3.8, 4) is 11.5 Å². The van der Waals surface area contributed by atoms with E-state index in [1.807, 2.05) is 44.2 Å². The number of amides is 1. The number of anilines is 1. The molecule has 1 amide bonds. The van der Waals surface area contributed by atoms with Gasteiger partial charge in [0.2, 0.25) is 0 Å². The molecule has 6 heteroatoms. The first-order valence-corrected chi connectivity index (χ1v) is 8.95. The fourth-order valence-electron chi connectivity index (χ4n) is 2.82. The van der Waals surface area contributed by atoms with Crippen molar-refractivity contribution in [2.45, 2.75) is 19.8 Å². The van der Waals surface area contributed by atoms with Crippen LogP contribution in [0.3, 0.4) is 0 Å². The van der Waals surface area contributed by atoms with Crippen LogP contribution in [0.15, 0.2) is 42.5 Å². The number of hydrogen-bond acceptors (Lipinski definition) is 4. The molecular formula is C21H21ClN2O3. The van der Waals surface area contributed by atoms with Crippen LogP contribution >= 0.6 is 11.6 Å². The second-order valence-corrected chi connectivity index (χ2v) is 6.81. The Bertz CT molecular complexity index is 1000. The molecule has 0 saturated heterocycles. The molecular weight excluding hydrogens is 364 g/mol. The Kier molecular flexibility index (Phi) is 5.51. The Morgan fingerprint density at radius 1 is 1.07 bits per heavy atom. The highest BCUT2D eigenvalue weighted by Crippen LogP contribution is 2.36. The van der Waals surface area contributed by atoms with Crippen LogP contribution in [-0.2, 0) is 0 Å². The molecule has 0 spiro atoms. The molecule has 0 aliphatic carbocycles. The maximum atomic E-state index is 13.0. The molecule has 0 radical (unpaired) electrons. The highest BCUT2D eigenvalue weighted by Gasteiger charge is 2.17. The molecule has 1 heterocycles. The number of aromatic nitrogens is 1. The number of para-hydroxylation sites is 1. The van der Waals surface area contributed by atoms with Crippen LogP contribution in [0.4, 0.5) is 5.69 Å². The first kappa shape index (κ1) is 19.0. The van der Waals surface area contributed by atoms with Gasteiger partial charge < -0.3 is 14.8 Å². The van der Waals surface area contributed by atoms with Gasteiger partial charge in [-0.2, -0.15) is 0 Å². The van der Waals surface area contributed by atoms with E-state index in [0.29, 0.717) is 27.8 Å². The summed E-state index contributed by atoms with van der Waals surface area (Å²) in [6, 6.07) is 12.7.